The first-order valence-electron chi connectivity index (χ1n) is 7.50. The molecule has 0 saturated heterocycles. The van der Waals surface area contributed by atoms with Crippen LogP contribution >= 0.6 is 0 Å². The molecule has 0 aliphatic heterocycles. The third-order valence-electron chi connectivity index (χ3n) is 4.11. The number of allylic oxidation sites excluding steroid dienone is 1. The minimum absolute atomic E-state index is 0.156. The van der Waals surface area contributed by atoms with Crippen molar-refractivity contribution in [3.8, 4) is 23.5 Å². The Labute approximate surface area is 143 Å². The zero-order chi connectivity index (χ0) is 17.4. The van der Waals surface area contributed by atoms with Gasteiger partial charge in [-0.05, 0) is 30.3 Å². The average Bonchev–Trinajstić information content (AvgIpc) is 2.98. The highest BCUT2D eigenvalue weighted by Gasteiger charge is 2.29. The molecule has 0 fully saturated rings. The van der Waals surface area contributed by atoms with E-state index in [1.54, 1.807) is 24.5 Å². The molecule has 2 heterocycles. The van der Waals surface area contributed by atoms with Crippen LogP contribution in [0.5, 0.6) is 0 Å². The maximum atomic E-state index is 14.5. The molecule has 0 N–H and O–H groups in total. The van der Waals surface area contributed by atoms with Crippen molar-refractivity contribution in [3.05, 3.63) is 82.9 Å². The fraction of sp³-hybridized carbons (Fsp3) is 0. The summed E-state index contributed by atoms with van der Waals surface area (Å²) in [5.74, 6) is -0.606. The first kappa shape index (κ1) is 14.7. The lowest BCUT2D eigenvalue weighted by atomic mass is 9.94. The maximum Gasteiger partial charge on any atom is 0.133 e. The van der Waals surface area contributed by atoms with Gasteiger partial charge in [-0.25, -0.2) is 4.39 Å². The second-order valence-corrected chi connectivity index (χ2v) is 5.47. The fourth-order valence-electron chi connectivity index (χ4n) is 3.04. The van der Waals surface area contributed by atoms with Gasteiger partial charge in [-0.1, -0.05) is 12.1 Å². The molecule has 0 unspecified atom stereocenters. The lowest BCUT2D eigenvalue weighted by molar-refractivity contribution is 0.624. The van der Waals surface area contributed by atoms with Crippen LogP contribution in [0.1, 0.15) is 22.3 Å². The van der Waals surface area contributed by atoms with Gasteiger partial charge in [-0.15, -0.1) is 0 Å². The molecule has 25 heavy (non-hydrogen) atoms. The molecule has 1 aliphatic rings. The molecule has 4 nitrogen and oxygen atoms in total. The Morgan fingerprint density at radius 3 is 2.08 bits per heavy atom. The number of nitrogens with zero attached hydrogens (tertiary/aromatic N) is 4. The SMILES string of the molecule is N#CC(=C1c2cccnc2-c2ncccc21)c1ccc(C#N)cc1F. The molecule has 4 rings (SSSR count). The Kier molecular flexibility index (Phi) is 3.34. The topological polar surface area (TPSA) is 73.4 Å². The van der Waals surface area contributed by atoms with E-state index < -0.39 is 5.82 Å². The van der Waals surface area contributed by atoms with Crippen molar-refractivity contribution in [2.45, 2.75) is 0 Å². The van der Waals surface area contributed by atoms with Crippen molar-refractivity contribution in [2.75, 3.05) is 0 Å². The van der Waals surface area contributed by atoms with Crippen LogP contribution in [0, 0.1) is 28.5 Å². The molecule has 1 aliphatic carbocycles. The zero-order valence-corrected chi connectivity index (χ0v) is 12.9. The average molecular weight is 324 g/mol. The van der Waals surface area contributed by atoms with Gasteiger partial charge in [0.1, 0.15) is 11.9 Å². The summed E-state index contributed by atoms with van der Waals surface area (Å²) >= 11 is 0. The molecular formula is C20H9FN4. The van der Waals surface area contributed by atoms with Crippen molar-refractivity contribution >= 4 is 11.1 Å². The molecule has 0 amide bonds. The molecule has 0 bridgehead atoms. The molecule has 1 aromatic carbocycles. The summed E-state index contributed by atoms with van der Waals surface area (Å²) in [5.41, 5.74) is 4.01. The van der Waals surface area contributed by atoms with E-state index in [4.69, 9.17) is 5.26 Å². The van der Waals surface area contributed by atoms with E-state index in [1.165, 1.54) is 12.1 Å². The predicted octanol–water partition coefficient (Wildman–Crippen LogP) is 3.95. The third-order valence-corrected chi connectivity index (χ3v) is 4.11. The Bertz CT molecular complexity index is 1090. The summed E-state index contributed by atoms with van der Waals surface area (Å²) < 4.78 is 14.5. The highest BCUT2D eigenvalue weighted by atomic mass is 19.1. The predicted molar refractivity (Wildman–Crippen MR) is 90.1 cm³/mol. The van der Waals surface area contributed by atoms with E-state index in [0.29, 0.717) is 17.0 Å². The molecule has 3 aromatic rings. The first-order chi connectivity index (χ1) is 12.2. The van der Waals surface area contributed by atoms with Gasteiger partial charge >= 0.3 is 0 Å². The summed E-state index contributed by atoms with van der Waals surface area (Å²) in [4.78, 5) is 8.74. The van der Waals surface area contributed by atoms with Gasteiger partial charge in [0.15, 0.2) is 0 Å². The van der Waals surface area contributed by atoms with Crippen LogP contribution in [0.15, 0.2) is 54.9 Å². The van der Waals surface area contributed by atoms with Gasteiger partial charge in [-0.2, -0.15) is 10.5 Å². The Morgan fingerprint density at radius 2 is 1.56 bits per heavy atom. The second-order valence-electron chi connectivity index (χ2n) is 5.47. The minimum atomic E-state index is -0.606. The summed E-state index contributed by atoms with van der Waals surface area (Å²) in [6, 6.07) is 15.3. The number of benzene rings is 1. The fourth-order valence-corrected chi connectivity index (χ4v) is 3.04. The molecule has 0 saturated carbocycles. The van der Waals surface area contributed by atoms with E-state index in [-0.39, 0.29) is 16.7 Å². The quantitative estimate of drug-likeness (QED) is 0.497. The molecule has 0 radical (unpaired) electrons. The van der Waals surface area contributed by atoms with E-state index >= 15 is 0 Å². The van der Waals surface area contributed by atoms with Crippen LogP contribution in [0.25, 0.3) is 22.5 Å². The molecule has 116 valence electrons. The summed E-state index contributed by atoms with van der Waals surface area (Å²) in [7, 11) is 0. The molecular weight excluding hydrogens is 315 g/mol. The van der Waals surface area contributed by atoms with Crippen molar-refractivity contribution < 1.29 is 4.39 Å². The Morgan fingerprint density at radius 1 is 0.920 bits per heavy atom. The Hall–Kier alpha value is -3.83. The van der Waals surface area contributed by atoms with Crippen LogP contribution in [0.2, 0.25) is 0 Å². The first-order valence-corrected chi connectivity index (χ1v) is 7.50. The number of hydrogen-bond donors (Lipinski definition) is 0. The number of hydrogen-bond acceptors (Lipinski definition) is 4. The molecule has 0 spiro atoms. The number of aromatic nitrogens is 2. The normalized spacial score (nSPS) is 11.2. The standard InChI is InChI=1S/C20H9FN4/c21-17-9-12(10-22)5-6-13(17)16(11-23)18-14-3-1-7-24-19(14)20-15(18)4-2-8-25-20/h1-9H. The highest BCUT2D eigenvalue weighted by Crippen LogP contribution is 2.45. The molecule has 0 atom stereocenters. The second kappa shape index (κ2) is 5.67. The summed E-state index contributed by atoms with van der Waals surface area (Å²) in [6.07, 6.45) is 3.32. The van der Waals surface area contributed by atoms with E-state index in [2.05, 4.69) is 16.0 Å². The lowest BCUT2D eigenvalue weighted by Gasteiger charge is -2.08. The van der Waals surface area contributed by atoms with Gasteiger partial charge in [0.05, 0.1) is 28.6 Å². The largest absolute Gasteiger partial charge is 0.254 e. The maximum absolute atomic E-state index is 14.5. The number of halogens is 1. The van der Waals surface area contributed by atoms with Crippen LogP contribution in [-0.2, 0) is 0 Å². The monoisotopic (exact) mass is 324 g/mol. The zero-order valence-electron chi connectivity index (χ0n) is 12.9. The molecule has 5 heteroatoms. The van der Waals surface area contributed by atoms with Crippen molar-refractivity contribution in [3.63, 3.8) is 0 Å². The highest BCUT2D eigenvalue weighted by molar-refractivity contribution is 6.11. The number of nitriles is 2. The van der Waals surface area contributed by atoms with E-state index in [1.807, 2.05) is 18.2 Å². The van der Waals surface area contributed by atoms with Crippen molar-refractivity contribution in [1.29, 1.82) is 10.5 Å². The molecule has 2 aromatic heterocycles. The summed E-state index contributed by atoms with van der Waals surface area (Å²) in [5, 5.41) is 18.7. The Balaban J connectivity index is 2.07. The van der Waals surface area contributed by atoms with Crippen molar-refractivity contribution in [1.82, 2.24) is 9.97 Å². The van der Waals surface area contributed by atoms with Crippen LogP contribution in [-0.4, -0.2) is 9.97 Å². The van der Waals surface area contributed by atoms with Gasteiger partial charge < -0.3 is 0 Å². The van der Waals surface area contributed by atoms with Gasteiger partial charge in [0.2, 0.25) is 0 Å². The summed E-state index contributed by atoms with van der Waals surface area (Å²) in [6.45, 7) is 0. The van der Waals surface area contributed by atoms with Crippen molar-refractivity contribution in [2.24, 2.45) is 0 Å². The smallest absolute Gasteiger partial charge is 0.133 e. The van der Waals surface area contributed by atoms with Crippen LogP contribution < -0.4 is 0 Å². The van der Waals surface area contributed by atoms with Crippen LogP contribution in [0.4, 0.5) is 4.39 Å². The third kappa shape index (κ3) is 2.19. The number of fused-ring (bicyclic) bond motifs is 3. The number of rotatable bonds is 1. The van der Waals surface area contributed by atoms with E-state index in [0.717, 1.165) is 17.2 Å². The lowest BCUT2D eigenvalue weighted by Crippen LogP contribution is -1.94. The van der Waals surface area contributed by atoms with Gasteiger partial charge in [0, 0.05) is 34.7 Å². The minimum Gasteiger partial charge on any atom is -0.254 e. The number of pyridine rings is 2. The van der Waals surface area contributed by atoms with E-state index in [9.17, 15) is 9.65 Å². The van der Waals surface area contributed by atoms with Crippen LogP contribution in [0.3, 0.4) is 0 Å². The van der Waals surface area contributed by atoms with Gasteiger partial charge in [-0.3, -0.25) is 9.97 Å². The van der Waals surface area contributed by atoms with Gasteiger partial charge in [0.25, 0.3) is 0 Å².